The zero-order chi connectivity index (χ0) is 29.5. The number of pyridine rings is 1. The maximum absolute atomic E-state index is 15.4. The monoisotopic (exact) mass is 581 g/mol. The quantitative estimate of drug-likeness (QED) is 0.271. The Labute approximate surface area is 233 Å². The Morgan fingerprint density at radius 1 is 0.976 bits per heavy atom. The third-order valence-electron chi connectivity index (χ3n) is 6.88. The number of carbonyl (C=O) groups is 1. The van der Waals surface area contributed by atoms with Gasteiger partial charge in [-0.3, -0.25) is 4.79 Å². The van der Waals surface area contributed by atoms with Crippen LogP contribution in [0.25, 0.3) is 16.6 Å². The van der Waals surface area contributed by atoms with E-state index in [2.05, 4.69) is 4.40 Å². The second-order valence-electron chi connectivity index (χ2n) is 9.56. The first-order valence-electron chi connectivity index (χ1n) is 12.5. The molecule has 13 heteroatoms. The fourth-order valence-corrected chi connectivity index (χ4v) is 5.61. The van der Waals surface area contributed by atoms with Crippen LogP contribution in [0.4, 0.5) is 14.5 Å². The summed E-state index contributed by atoms with van der Waals surface area (Å²) in [4.78, 5) is 27.9. The molecule has 0 spiro atoms. The molecular formula is C28H25F2N5O5S. The zero-order valence-corrected chi connectivity index (χ0v) is 22.6. The van der Waals surface area contributed by atoms with Gasteiger partial charge in [0.25, 0.3) is 10.0 Å². The van der Waals surface area contributed by atoms with Gasteiger partial charge in [-0.25, -0.2) is 13.6 Å². The average Bonchev–Trinajstić information content (AvgIpc) is 2.94. The van der Waals surface area contributed by atoms with Gasteiger partial charge >= 0.3 is 5.97 Å². The van der Waals surface area contributed by atoms with Gasteiger partial charge in [0.1, 0.15) is 17.2 Å². The van der Waals surface area contributed by atoms with Crippen LogP contribution in [0, 0.1) is 18.6 Å². The predicted molar refractivity (Wildman–Crippen MR) is 150 cm³/mol. The molecule has 2 heterocycles. The largest absolute Gasteiger partial charge is 0.477 e. The van der Waals surface area contributed by atoms with Crippen molar-refractivity contribution in [1.29, 1.82) is 0 Å². The van der Waals surface area contributed by atoms with Crippen molar-refractivity contribution in [3.05, 3.63) is 99.8 Å². The van der Waals surface area contributed by atoms with Gasteiger partial charge in [-0.15, -0.1) is 4.40 Å². The maximum Gasteiger partial charge on any atom is 0.341 e. The molecule has 1 aliphatic heterocycles. The van der Waals surface area contributed by atoms with Crippen LogP contribution < -0.4 is 16.1 Å². The van der Waals surface area contributed by atoms with Crippen LogP contribution in [0.15, 0.2) is 80.9 Å². The molecule has 0 radical (unpaired) electrons. The molecule has 0 unspecified atom stereocenters. The van der Waals surface area contributed by atoms with Gasteiger partial charge < -0.3 is 25.2 Å². The number of benzene rings is 3. The molecular weight excluding hydrogens is 556 g/mol. The predicted octanol–water partition coefficient (Wildman–Crippen LogP) is 3.10. The highest BCUT2D eigenvalue weighted by Crippen LogP contribution is 2.28. The number of piperazine rings is 1. The first kappa shape index (κ1) is 27.8. The number of nitrogens with zero attached hydrogens (tertiary/aromatic N) is 4. The third-order valence-corrected chi connectivity index (χ3v) is 8.18. The molecule has 1 saturated heterocycles. The van der Waals surface area contributed by atoms with Crippen molar-refractivity contribution in [2.24, 2.45) is 10.1 Å². The number of carboxylic acid groups (broad SMARTS) is 1. The van der Waals surface area contributed by atoms with Gasteiger partial charge in [-0.2, -0.15) is 8.42 Å². The molecule has 0 amide bonds. The highest BCUT2D eigenvalue weighted by atomic mass is 32.2. The van der Waals surface area contributed by atoms with E-state index >= 15 is 4.39 Å². The van der Waals surface area contributed by atoms with E-state index in [0.717, 1.165) is 17.8 Å². The van der Waals surface area contributed by atoms with Gasteiger partial charge in [0.15, 0.2) is 0 Å². The fourth-order valence-electron chi connectivity index (χ4n) is 4.66. The number of sulfonamides is 1. The van der Waals surface area contributed by atoms with E-state index in [9.17, 15) is 27.5 Å². The molecule has 1 fully saturated rings. The summed E-state index contributed by atoms with van der Waals surface area (Å²) < 4.78 is 59.4. The molecule has 1 aromatic heterocycles. The Balaban J connectivity index is 1.46. The first-order valence-corrected chi connectivity index (χ1v) is 13.9. The fraction of sp³-hybridized carbons (Fsp3) is 0.179. The summed E-state index contributed by atoms with van der Waals surface area (Å²) in [5.41, 5.74) is 6.28. The van der Waals surface area contributed by atoms with Crippen molar-refractivity contribution in [3.8, 4) is 5.69 Å². The van der Waals surface area contributed by atoms with Gasteiger partial charge in [-0.05, 0) is 55.5 Å². The van der Waals surface area contributed by atoms with E-state index in [1.165, 1.54) is 47.0 Å². The number of hydrogen-bond donors (Lipinski definition) is 2. The molecule has 5 rings (SSSR count). The van der Waals surface area contributed by atoms with Gasteiger partial charge in [0.2, 0.25) is 11.4 Å². The number of anilines is 1. The van der Waals surface area contributed by atoms with Crippen molar-refractivity contribution in [2.75, 3.05) is 31.1 Å². The van der Waals surface area contributed by atoms with Crippen molar-refractivity contribution in [1.82, 2.24) is 9.47 Å². The summed E-state index contributed by atoms with van der Waals surface area (Å²) in [5, 5.41) is 9.40. The van der Waals surface area contributed by atoms with Crippen LogP contribution in [0.3, 0.4) is 0 Å². The topological polar surface area (TPSA) is 138 Å². The summed E-state index contributed by atoms with van der Waals surface area (Å²) >= 11 is 0. The van der Waals surface area contributed by atoms with Crippen LogP contribution in [-0.2, 0) is 10.0 Å². The molecule has 1 aliphatic rings. The molecule has 0 atom stereocenters. The maximum atomic E-state index is 15.4. The lowest BCUT2D eigenvalue weighted by molar-refractivity contribution is 0.0695. The molecule has 212 valence electrons. The molecule has 41 heavy (non-hydrogen) atoms. The van der Waals surface area contributed by atoms with Crippen LogP contribution in [0.1, 0.15) is 15.9 Å². The molecule has 0 aliphatic carbocycles. The summed E-state index contributed by atoms with van der Waals surface area (Å²) in [7, 11) is -4.02. The lowest BCUT2D eigenvalue weighted by Crippen LogP contribution is -2.51. The Hall–Kier alpha value is -4.78. The number of guanidine groups is 1. The zero-order valence-electron chi connectivity index (χ0n) is 21.8. The minimum absolute atomic E-state index is 0.0150. The number of halogens is 2. The minimum Gasteiger partial charge on any atom is -0.477 e. The number of aromatic nitrogens is 1. The molecule has 4 aromatic rings. The third kappa shape index (κ3) is 5.48. The highest BCUT2D eigenvalue weighted by Gasteiger charge is 2.25. The highest BCUT2D eigenvalue weighted by molar-refractivity contribution is 7.90. The van der Waals surface area contributed by atoms with Crippen LogP contribution >= 0.6 is 0 Å². The Kier molecular flexibility index (Phi) is 7.22. The normalized spacial score (nSPS) is 14.5. The SMILES string of the molecule is Cc1ccc(S(=O)(=O)/N=C(\N)N2CCN(c3cc4c(cc3F)c(=O)c(C(=O)O)cn4-c3ccc(F)cc3)CC2)cc1. The van der Waals surface area contributed by atoms with E-state index in [1.807, 2.05) is 6.92 Å². The lowest BCUT2D eigenvalue weighted by Gasteiger charge is -2.36. The molecule has 10 nitrogen and oxygen atoms in total. The second kappa shape index (κ2) is 10.7. The summed E-state index contributed by atoms with van der Waals surface area (Å²) in [6, 6.07) is 13.9. The van der Waals surface area contributed by atoms with E-state index in [1.54, 1.807) is 21.9 Å². The second-order valence-corrected chi connectivity index (χ2v) is 11.2. The smallest absolute Gasteiger partial charge is 0.341 e. The molecule has 3 aromatic carbocycles. The standard InChI is InChI=1S/C28H25F2N5O5S/c1-17-2-8-20(9-3-17)41(39,40)32-28(31)34-12-10-33(11-13-34)25-15-24-21(14-23(25)30)26(36)22(27(37)38)16-35(24)19-6-4-18(29)5-7-19/h2-9,14-16H,10-13H2,1H3,(H2,31,32)(H,37,38). The van der Waals surface area contributed by atoms with Crippen LogP contribution in [-0.4, -0.2) is 61.1 Å². The lowest BCUT2D eigenvalue weighted by atomic mass is 10.1. The Morgan fingerprint density at radius 2 is 1.61 bits per heavy atom. The Morgan fingerprint density at radius 3 is 2.22 bits per heavy atom. The number of rotatable bonds is 5. The minimum atomic E-state index is -4.02. The first-order chi connectivity index (χ1) is 19.4. The van der Waals surface area contributed by atoms with E-state index in [4.69, 9.17) is 5.73 Å². The number of fused-ring (bicyclic) bond motifs is 1. The van der Waals surface area contributed by atoms with Crippen LogP contribution in [0.5, 0.6) is 0 Å². The summed E-state index contributed by atoms with van der Waals surface area (Å²) in [5.74, 6) is -2.90. The average molecular weight is 582 g/mol. The van der Waals surface area contributed by atoms with Crippen molar-refractivity contribution in [3.63, 3.8) is 0 Å². The van der Waals surface area contributed by atoms with Gasteiger partial charge in [0.05, 0.1) is 16.1 Å². The van der Waals surface area contributed by atoms with Crippen molar-refractivity contribution < 1.29 is 27.1 Å². The Bertz CT molecular complexity index is 1850. The van der Waals surface area contributed by atoms with Gasteiger partial charge in [-0.1, -0.05) is 17.7 Å². The van der Waals surface area contributed by atoms with Gasteiger partial charge in [0, 0.05) is 43.4 Å². The summed E-state index contributed by atoms with van der Waals surface area (Å²) in [6.07, 6.45) is 1.13. The molecule has 0 bridgehead atoms. The number of carboxylic acids is 1. The van der Waals surface area contributed by atoms with E-state index in [-0.39, 0.29) is 53.6 Å². The number of aromatic carboxylic acids is 1. The molecule has 3 N–H and O–H groups in total. The van der Waals surface area contributed by atoms with Crippen molar-refractivity contribution in [2.45, 2.75) is 11.8 Å². The number of nitrogens with two attached hydrogens (primary N) is 1. The molecule has 0 saturated carbocycles. The van der Waals surface area contributed by atoms with E-state index in [0.29, 0.717) is 5.69 Å². The summed E-state index contributed by atoms with van der Waals surface area (Å²) in [6.45, 7) is 2.80. The van der Waals surface area contributed by atoms with Crippen molar-refractivity contribution >= 4 is 38.5 Å². The number of hydrogen-bond acceptors (Lipinski definition) is 5. The van der Waals surface area contributed by atoms with E-state index < -0.39 is 38.6 Å². The number of aryl methyl sites for hydroxylation is 1. The van der Waals surface area contributed by atoms with Crippen LogP contribution in [0.2, 0.25) is 0 Å².